The van der Waals surface area contributed by atoms with Gasteiger partial charge < -0.3 is 0 Å². The van der Waals surface area contributed by atoms with Gasteiger partial charge in [-0.15, -0.1) is 0 Å². The first kappa shape index (κ1) is 46.9. The van der Waals surface area contributed by atoms with Crippen LogP contribution < -0.4 is 0 Å². The van der Waals surface area contributed by atoms with Crippen LogP contribution in [0.1, 0.15) is 125 Å². The molecule has 0 heterocycles. The summed E-state index contributed by atoms with van der Waals surface area (Å²) < 4.78 is 0. The average Bonchev–Trinajstić information content (AvgIpc) is 4.05. The molecule has 3 aliphatic carbocycles. The Labute approximate surface area is 445 Å². The monoisotopic (exact) mass is 967 g/mol. The fourth-order valence-electron chi connectivity index (χ4n) is 13.4. The van der Waals surface area contributed by atoms with Gasteiger partial charge in [0.05, 0.1) is 5.41 Å². The van der Waals surface area contributed by atoms with Gasteiger partial charge in [-0.2, -0.15) is 0 Å². The van der Waals surface area contributed by atoms with Crippen LogP contribution >= 0.6 is 0 Å². The Balaban J connectivity index is 0.974. The Hall–Kier alpha value is -7.80. The highest BCUT2D eigenvalue weighted by Gasteiger charge is 2.46. The van der Waals surface area contributed by atoms with E-state index in [0.29, 0.717) is 0 Å². The normalized spacial score (nSPS) is 15.1. The molecule has 0 bridgehead atoms. The van der Waals surface area contributed by atoms with Crippen LogP contribution in [0.2, 0.25) is 0 Å². The van der Waals surface area contributed by atoms with E-state index in [9.17, 15) is 0 Å². The smallest absolute Gasteiger partial charge is 0.0619 e. The molecular weight excluding hydrogens is 901 g/mol. The first-order valence-electron chi connectivity index (χ1n) is 27.1. The lowest BCUT2D eigenvalue weighted by atomic mass is 9.67. The molecule has 0 aromatic heterocycles. The Bertz CT molecular complexity index is 3710. The summed E-state index contributed by atoms with van der Waals surface area (Å²) in [4.78, 5) is 0. The molecule has 75 heavy (non-hydrogen) atoms. The molecular formula is C75H66. The van der Waals surface area contributed by atoms with Crippen molar-refractivity contribution >= 4 is 0 Å². The first-order chi connectivity index (χ1) is 35.9. The van der Waals surface area contributed by atoms with Crippen LogP contribution in [0, 0.1) is 0 Å². The summed E-state index contributed by atoms with van der Waals surface area (Å²) in [5.74, 6) is 0. The van der Waals surface area contributed by atoms with Gasteiger partial charge in [0.2, 0.25) is 0 Å². The van der Waals surface area contributed by atoms with E-state index < -0.39 is 5.41 Å². The lowest BCUT2D eigenvalue weighted by molar-refractivity contribution is 0.590. The summed E-state index contributed by atoms with van der Waals surface area (Å²) in [5, 5.41) is 0. The van der Waals surface area contributed by atoms with Crippen molar-refractivity contribution in [2.45, 2.75) is 96.3 Å². The lowest BCUT2D eigenvalue weighted by Crippen LogP contribution is -2.28. The molecule has 0 unspecified atom stereocenters. The molecule has 0 heteroatoms. The van der Waals surface area contributed by atoms with Gasteiger partial charge in [0, 0.05) is 10.8 Å². The third-order valence-corrected chi connectivity index (χ3v) is 17.6. The van der Waals surface area contributed by atoms with Crippen LogP contribution in [-0.4, -0.2) is 0 Å². The summed E-state index contributed by atoms with van der Waals surface area (Å²) in [7, 11) is 0. The lowest BCUT2D eigenvalue weighted by Gasteiger charge is -2.34. The maximum Gasteiger partial charge on any atom is 0.0713 e. The predicted molar refractivity (Wildman–Crippen MR) is 318 cm³/mol. The molecule has 0 spiro atoms. The minimum Gasteiger partial charge on any atom is -0.0619 e. The Morgan fingerprint density at radius 2 is 0.547 bits per heavy atom. The minimum atomic E-state index is -0.588. The SMILES string of the molecule is CC(C)(C)c1cc(-c2cccc(C3(c4cccc(-c5cc(-c6ccc7c(c6)C(C)(C)c6ccccc6-7)cc(C(C)(C)C)c5)c4)c4ccccc4-c4ccccc43)c2)cc(-c2ccc3c(c2)C(C)(C)c2ccccc2-3)c1. The molecule has 10 aromatic carbocycles. The highest BCUT2D eigenvalue weighted by atomic mass is 14.5. The zero-order chi connectivity index (χ0) is 51.8. The topological polar surface area (TPSA) is 0 Å². The van der Waals surface area contributed by atoms with Gasteiger partial charge in [-0.3, -0.25) is 0 Å². The number of hydrogen-bond donors (Lipinski definition) is 0. The highest BCUT2D eigenvalue weighted by Crippen LogP contribution is 2.57. The van der Waals surface area contributed by atoms with Gasteiger partial charge in [-0.25, -0.2) is 0 Å². The van der Waals surface area contributed by atoms with Crippen molar-refractivity contribution in [2.75, 3.05) is 0 Å². The van der Waals surface area contributed by atoms with Crippen molar-refractivity contribution < 1.29 is 0 Å². The van der Waals surface area contributed by atoms with Crippen molar-refractivity contribution in [3.8, 4) is 77.9 Å². The van der Waals surface area contributed by atoms with Gasteiger partial charge in [0.15, 0.2) is 0 Å². The van der Waals surface area contributed by atoms with Crippen LogP contribution in [0.4, 0.5) is 0 Å². The fraction of sp³-hybridized carbons (Fsp3) is 0.200. The van der Waals surface area contributed by atoms with Crippen molar-refractivity contribution in [1.29, 1.82) is 0 Å². The van der Waals surface area contributed by atoms with E-state index in [1.165, 1.54) is 134 Å². The molecule has 366 valence electrons. The quantitative estimate of drug-likeness (QED) is 0.156. The summed E-state index contributed by atoms with van der Waals surface area (Å²) in [6, 6.07) is 84.2. The van der Waals surface area contributed by atoms with Crippen LogP contribution in [0.25, 0.3) is 77.9 Å². The fourth-order valence-corrected chi connectivity index (χ4v) is 13.4. The van der Waals surface area contributed by atoms with Gasteiger partial charge >= 0.3 is 0 Å². The Morgan fingerprint density at radius 1 is 0.240 bits per heavy atom. The van der Waals surface area contributed by atoms with Crippen molar-refractivity contribution in [2.24, 2.45) is 0 Å². The molecule has 0 fully saturated rings. The van der Waals surface area contributed by atoms with Crippen LogP contribution in [0.3, 0.4) is 0 Å². The van der Waals surface area contributed by atoms with Crippen molar-refractivity contribution in [1.82, 2.24) is 0 Å². The molecule has 0 saturated carbocycles. The van der Waals surface area contributed by atoms with Crippen LogP contribution in [0.15, 0.2) is 218 Å². The third kappa shape index (κ3) is 7.23. The average molecular weight is 967 g/mol. The van der Waals surface area contributed by atoms with Crippen LogP contribution in [0.5, 0.6) is 0 Å². The number of fused-ring (bicyclic) bond motifs is 9. The Kier molecular flexibility index (Phi) is 10.4. The predicted octanol–water partition coefficient (Wildman–Crippen LogP) is 19.9. The Morgan fingerprint density at radius 3 is 0.907 bits per heavy atom. The van der Waals surface area contributed by atoms with Crippen molar-refractivity contribution in [3.05, 3.63) is 274 Å². The summed E-state index contributed by atoms with van der Waals surface area (Å²) in [6.07, 6.45) is 0. The van der Waals surface area contributed by atoms with E-state index in [2.05, 4.69) is 288 Å². The van der Waals surface area contributed by atoms with Gasteiger partial charge in [-0.05, 0) is 181 Å². The second-order valence-corrected chi connectivity index (χ2v) is 25.0. The number of hydrogen-bond acceptors (Lipinski definition) is 0. The molecule has 0 amide bonds. The van der Waals surface area contributed by atoms with Gasteiger partial charge in [-0.1, -0.05) is 251 Å². The zero-order valence-electron chi connectivity index (χ0n) is 45.3. The van der Waals surface area contributed by atoms with Gasteiger partial charge in [0.1, 0.15) is 0 Å². The number of rotatable bonds is 6. The molecule has 0 atom stereocenters. The molecule has 0 N–H and O–H groups in total. The van der Waals surface area contributed by atoms with E-state index in [1.54, 1.807) is 0 Å². The molecule has 0 aliphatic heterocycles. The molecule has 13 rings (SSSR count). The zero-order valence-corrected chi connectivity index (χ0v) is 45.3. The maximum absolute atomic E-state index is 2.51. The molecule has 3 aliphatic rings. The number of benzene rings is 10. The third-order valence-electron chi connectivity index (χ3n) is 17.6. The molecule has 10 aromatic rings. The molecule has 0 radical (unpaired) electrons. The summed E-state index contributed by atoms with van der Waals surface area (Å²) >= 11 is 0. The van der Waals surface area contributed by atoms with Gasteiger partial charge in [0.25, 0.3) is 0 Å². The molecule has 0 nitrogen and oxygen atoms in total. The van der Waals surface area contributed by atoms with E-state index in [1.807, 2.05) is 0 Å². The van der Waals surface area contributed by atoms with E-state index in [0.717, 1.165) is 0 Å². The minimum absolute atomic E-state index is 0.0628. The van der Waals surface area contributed by atoms with E-state index in [4.69, 9.17) is 0 Å². The first-order valence-corrected chi connectivity index (χ1v) is 27.1. The van der Waals surface area contributed by atoms with Crippen molar-refractivity contribution in [3.63, 3.8) is 0 Å². The second-order valence-electron chi connectivity index (χ2n) is 25.0. The van der Waals surface area contributed by atoms with E-state index in [-0.39, 0.29) is 21.7 Å². The molecule has 0 saturated heterocycles. The maximum atomic E-state index is 2.51. The summed E-state index contributed by atoms with van der Waals surface area (Å²) in [5.41, 5.74) is 30.5. The summed E-state index contributed by atoms with van der Waals surface area (Å²) in [6.45, 7) is 23.6. The standard InChI is InChI=1S/C75H66/c1-71(2,3)57-41-51(37-53(43-57)49-33-35-63-59-25-11-15-29-65(59)73(7,8)69(63)45-49)47-21-19-23-55(39-47)75(67-31-17-13-27-61(67)62-28-14-18-32-68(62)75)56-24-20-22-48(40-56)52-38-54(44-58(42-52)72(4,5)6)50-34-36-64-60-26-12-16-30-66(60)74(9,10)70(64)46-50/h11-46H,1-10H3. The van der Waals surface area contributed by atoms with Crippen LogP contribution in [-0.2, 0) is 27.1 Å². The highest BCUT2D eigenvalue weighted by molar-refractivity contribution is 5.90. The largest absolute Gasteiger partial charge is 0.0713 e. The second kappa shape index (κ2) is 16.6. The van der Waals surface area contributed by atoms with E-state index >= 15 is 0 Å².